The van der Waals surface area contributed by atoms with Gasteiger partial charge in [-0.3, -0.25) is 9.80 Å². The third-order valence-corrected chi connectivity index (χ3v) is 3.41. The van der Waals surface area contributed by atoms with Gasteiger partial charge >= 0.3 is 0 Å². The van der Waals surface area contributed by atoms with E-state index < -0.39 is 0 Å². The number of hydrogen-bond donors (Lipinski definition) is 2. The molecule has 1 unspecified atom stereocenters. The van der Waals surface area contributed by atoms with Crippen LogP contribution in [0.4, 0.5) is 0 Å². The molecule has 4 nitrogen and oxygen atoms in total. The molecule has 1 aliphatic carbocycles. The second-order valence-electron chi connectivity index (χ2n) is 4.38. The second-order valence-corrected chi connectivity index (χ2v) is 4.38. The SMILES string of the molecule is NCC(CO)N1CCN(C2CC2)CC1. The lowest BCUT2D eigenvalue weighted by atomic mass is 10.2. The first-order valence-corrected chi connectivity index (χ1v) is 5.64. The molecule has 0 aromatic carbocycles. The van der Waals surface area contributed by atoms with Crippen LogP contribution in [-0.2, 0) is 0 Å². The molecule has 4 heteroatoms. The van der Waals surface area contributed by atoms with E-state index in [1.165, 1.54) is 12.8 Å². The highest BCUT2D eigenvalue weighted by molar-refractivity contribution is 4.88. The fourth-order valence-electron chi connectivity index (χ4n) is 2.25. The van der Waals surface area contributed by atoms with Crippen molar-refractivity contribution in [2.45, 2.75) is 24.9 Å². The summed E-state index contributed by atoms with van der Waals surface area (Å²) >= 11 is 0. The molecular weight excluding hydrogens is 178 g/mol. The Morgan fingerprint density at radius 3 is 2.29 bits per heavy atom. The number of rotatable bonds is 4. The Kier molecular flexibility index (Phi) is 3.38. The van der Waals surface area contributed by atoms with Gasteiger partial charge in [0.15, 0.2) is 0 Å². The average Bonchev–Trinajstić information content (AvgIpc) is 3.04. The van der Waals surface area contributed by atoms with Gasteiger partial charge in [0.1, 0.15) is 0 Å². The summed E-state index contributed by atoms with van der Waals surface area (Å²) in [5.41, 5.74) is 5.61. The van der Waals surface area contributed by atoms with Crippen LogP contribution in [0.1, 0.15) is 12.8 Å². The van der Waals surface area contributed by atoms with Gasteiger partial charge in [-0.2, -0.15) is 0 Å². The predicted octanol–water partition coefficient (Wildman–Crippen LogP) is -0.914. The lowest BCUT2D eigenvalue weighted by molar-refractivity contribution is 0.0659. The van der Waals surface area contributed by atoms with Crippen LogP contribution in [0.5, 0.6) is 0 Å². The number of nitrogens with two attached hydrogens (primary N) is 1. The Hall–Kier alpha value is -0.160. The molecule has 3 N–H and O–H groups in total. The number of aliphatic hydroxyl groups is 1. The van der Waals surface area contributed by atoms with Crippen molar-refractivity contribution in [3.63, 3.8) is 0 Å². The maximum atomic E-state index is 9.13. The summed E-state index contributed by atoms with van der Waals surface area (Å²) in [6, 6.07) is 1.05. The van der Waals surface area contributed by atoms with E-state index in [2.05, 4.69) is 9.80 Å². The van der Waals surface area contributed by atoms with Gasteiger partial charge in [-0.15, -0.1) is 0 Å². The van der Waals surface area contributed by atoms with Crippen molar-refractivity contribution in [1.29, 1.82) is 0 Å². The standard InChI is InChI=1S/C10H21N3O/c11-7-10(8-14)13-5-3-12(4-6-13)9-1-2-9/h9-10,14H,1-8,11H2. The van der Waals surface area contributed by atoms with Gasteiger partial charge in [0.05, 0.1) is 6.61 Å². The fourth-order valence-corrected chi connectivity index (χ4v) is 2.25. The minimum Gasteiger partial charge on any atom is -0.395 e. The summed E-state index contributed by atoms with van der Waals surface area (Å²) in [5.74, 6) is 0. The Balaban J connectivity index is 1.76. The highest BCUT2D eigenvalue weighted by atomic mass is 16.3. The molecule has 0 bridgehead atoms. The van der Waals surface area contributed by atoms with E-state index in [1.54, 1.807) is 0 Å². The molecule has 0 aromatic heterocycles. The second kappa shape index (κ2) is 4.57. The van der Waals surface area contributed by atoms with Crippen molar-refractivity contribution in [1.82, 2.24) is 9.80 Å². The molecule has 1 saturated carbocycles. The van der Waals surface area contributed by atoms with Gasteiger partial charge in [0.25, 0.3) is 0 Å². The van der Waals surface area contributed by atoms with Gasteiger partial charge in [-0.1, -0.05) is 0 Å². The van der Waals surface area contributed by atoms with E-state index in [1.807, 2.05) is 0 Å². The van der Waals surface area contributed by atoms with Crippen LogP contribution in [0.2, 0.25) is 0 Å². The topological polar surface area (TPSA) is 52.7 Å². The maximum absolute atomic E-state index is 9.13. The molecule has 0 radical (unpaired) electrons. The van der Waals surface area contributed by atoms with E-state index in [0.29, 0.717) is 6.54 Å². The minimum atomic E-state index is 0.177. The monoisotopic (exact) mass is 199 g/mol. The highest BCUT2D eigenvalue weighted by Crippen LogP contribution is 2.27. The Labute approximate surface area is 85.7 Å². The number of piperazine rings is 1. The van der Waals surface area contributed by atoms with Crippen LogP contribution in [0.15, 0.2) is 0 Å². The Morgan fingerprint density at radius 1 is 1.21 bits per heavy atom. The quantitative estimate of drug-likeness (QED) is 0.615. The van der Waals surface area contributed by atoms with Crippen molar-refractivity contribution < 1.29 is 5.11 Å². The summed E-state index contributed by atoms with van der Waals surface area (Å²) in [6.07, 6.45) is 2.78. The van der Waals surface area contributed by atoms with Crippen molar-refractivity contribution >= 4 is 0 Å². The fraction of sp³-hybridized carbons (Fsp3) is 1.00. The Morgan fingerprint density at radius 2 is 1.86 bits per heavy atom. The number of aliphatic hydroxyl groups excluding tert-OH is 1. The first-order valence-electron chi connectivity index (χ1n) is 5.64. The molecule has 2 aliphatic rings. The summed E-state index contributed by atoms with van der Waals surface area (Å²) < 4.78 is 0. The summed E-state index contributed by atoms with van der Waals surface area (Å²) in [5, 5.41) is 9.13. The van der Waals surface area contributed by atoms with Crippen molar-refractivity contribution in [3.8, 4) is 0 Å². The average molecular weight is 199 g/mol. The third kappa shape index (κ3) is 2.25. The molecule has 0 amide bonds. The van der Waals surface area contributed by atoms with Gasteiger partial charge in [-0.25, -0.2) is 0 Å². The molecule has 0 spiro atoms. The molecule has 1 atom stereocenters. The first kappa shape index (κ1) is 10.4. The van der Waals surface area contributed by atoms with Crippen LogP contribution in [-0.4, -0.2) is 66.3 Å². The van der Waals surface area contributed by atoms with Crippen LogP contribution >= 0.6 is 0 Å². The first-order chi connectivity index (χ1) is 6.85. The lowest BCUT2D eigenvalue weighted by Gasteiger charge is -2.38. The van der Waals surface area contributed by atoms with Gasteiger partial charge in [0, 0.05) is 44.8 Å². The van der Waals surface area contributed by atoms with Crippen molar-refractivity contribution in [2.24, 2.45) is 5.73 Å². The van der Waals surface area contributed by atoms with Crippen LogP contribution in [0, 0.1) is 0 Å². The Bertz CT molecular complexity index is 172. The molecule has 2 fully saturated rings. The zero-order chi connectivity index (χ0) is 9.97. The molecule has 14 heavy (non-hydrogen) atoms. The number of hydrogen-bond acceptors (Lipinski definition) is 4. The highest BCUT2D eigenvalue weighted by Gasteiger charge is 2.32. The molecular formula is C10H21N3O. The van der Waals surface area contributed by atoms with Crippen molar-refractivity contribution in [3.05, 3.63) is 0 Å². The maximum Gasteiger partial charge on any atom is 0.0599 e. The zero-order valence-electron chi connectivity index (χ0n) is 8.73. The van der Waals surface area contributed by atoms with E-state index >= 15 is 0 Å². The van der Waals surface area contributed by atoms with E-state index in [4.69, 9.17) is 10.8 Å². The molecule has 0 aromatic rings. The molecule has 1 heterocycles. The van der Waals surface area contributed by atoms with E-state index in [-0.39, 0.29) is 12.6 Å². The van der Waals surface area contributed by atoms with E-state index in [9.17, 15) is 0 Å². The number of nitrogens with zero attached hydrogens (tertiary/aromatic N) is 2. The zero-order valence-corrected chi connectivity index (χ0v) is 8.73. The van der Waals surface area contributed by atoms with E-state index in [0.717, 1.165) is 32.2 Å². The van der Waals surface area contributed by atoms with Crippen LogP contribution in [0.3, 0.4) is 0 Å². The predicted molar refractivity (Wildman–Crippen MR) is 56.1 cm³/mol. The smallest absolute Gasteiger partial charge is 0.0599 e. The molecule has 82 valence electrons. The molecule has 2 rings (SSSR count). The van der Waals surface area contributed by atoms with Crippen LogP contribution in [0.25, 0.3) is 0 Å². The lowest BCUT2D eigenvalue weighted by Crippen LogP contribution is -2.53. The molecule has 1 aliphatic heterocycles. The normalized spacial score (nSPS) is 27.9. The summed E-state index contributed by atoms with van der Waals surface area (Å²) in [7, 11) is 0. The third-order valence-electron chi connectivity index (χ3n) is 3.41. The molecule has 1 saturated heterocycles. The van der Waals surface area contributed by atoms with Crippen LogP contribution < -0.4 is 5.73 Å². The minimum absolute atomic E-state index is 0.177. The summed E-state index contributed by atoms with van der Waals surface area (Å²) in [6.45, 7) is 5.21. The largest absolute Gasteiger partial charge is 0.395 e. The van der Waals surface area contributed by atoms with Crippen molar-refractivity contribution in [2.75, 3.05) is 39.3 Å². The van der Waals surface area contributed by atoms with Gasteiger partial charge in [-0.05, 0) is 12.8 Å². The van der Waals surface area contributed by atoms with Gasteiger partial charge < -0.3 is 10.8 Å². The van der Waals surface area contributed by atoms with Gasteiger partial charge in [0.2, 0.25) is 0 Å². The summed E-state index contributed by atoms with van der Waals surface area (Å²) in [4.78, 5) is 4.89.